The van der Waals surface area contributed by atoms with Gasteiger partial charge in [0, 0.05) is 28.9 Å². The summed E-state index contributed by atoms with van der Waals surface area (Å²) in [7, 11) is 3.24. The molecule has 1 heterocycles. The maximum atomic E-state index is 6.18. The van der Waals surface area contributed by atoms with Crippen LogP contribution in [0.15, 0.2) is 42.5 Å². The number of halogens is 1. The fourth-order valence-electron chi connectivity index (χ4n) is 2.61. The highest BCUT2D eigenvalue weighted by molar-refractivity contribution is 6.31. The first-order valence-electron chi connectivity index (χ1n) is 8.36. The van der Waals surface area contributed by atoms with Gasteiger partial charge in [0.2, 0.25) is 0 Å². The fourth-order valence-corrected chi connectivity index (χ4v) is 2.77. The van der Waals surface area contributed by atoms with Gasteiger partial charge in [-0.05, 0) is 37.6 Å². The van der Waals surface area contributed by atoms with Crippen molar-refractivity contribution in [1.29, 1.82) is 0 Å². The Kier molecular flexibility index (Phi) is 5.66. The third kappa shape index (κ3) is 4.60. The zero-order valence-electron chi connectivity index (χ0n) is 15.6. The lowest BCUT2D eigenvalue weighted by molar-refractivity contribution is 0.415. The number of nitrogens with one attached hydrogen (secondary N) is 2. The molecule has 0 atom stereocenters. The molecule has 0 radical (unpaired) electrons. The first-order valence-corrected chi connectivity index (χ1v) is 8.74. The van der Waals surface area contributed by atoms with E-state index in [0.29, 0.717) is 28.2 Å². The highest BCUT2D eigenvalue weighted by Crippen LogP contribution is 2.33. The first kappa shape index (κ1) is 18.8. The topological polar surface area (TPSA) is 68.3 Å². The molecule has 6 nitrogen and oxygen atoms in total. The maximum absolute atomic E-state index is 6.18. The van der Waals surface area contributed by atoms with E-state index in [9.17, 15) is 0 Å². The number of aromatic nitrogens is 2. The number of methoxy groups -OCH3 is 2. The number of nitrogens with zero attached hydrogens (tertiary/aromatic N) is 2. The molecule has 0 aliphatic carbocycles. The summed E-state index contributed by atoms with van der Waals surface area (Å²) in [4.78, 5) is 8.90. The molecule has 0 spiro atoms. The van der Waals surface area contributed by atoms with Crippen LogP contribution in [-0.2, 0) is 0 Å². The minimum Gasteiger partial charge on any atom is -0.497 e. The Morgan fingerprint density at radius 1 is 0.889 bits per heavy atom. The van der Waals surface area contributed by atoms with Gasteiger partial charge in [-0.15, -0.1) is 0 Å². The van der Waals surface area contributed by atoms with Gasteiger partial charge in [-0.25, -0.2) is 9.97 Å². The normalized spacial score (nSPS) is 10.4. The molecular weight excluding hydrogens is 364 g/mol. The lowest BCUT2D eigenvalue weighted by atomic mass is 10.2. The van der Waals surface area contributed by atoms with Crippen molar-refractivity contribution in [3.63, 3.8) is 0 Å². The average molecular weight is 385 g/mol. The van der Waals surface area contributed by atoms with E-state index in [1.807, 2.05) is 50.2 Å². The quantitative estimate of drug-likeness (QED) is 0.604. The molecule has 2 N–H and O–H groups in total. The van der Waals surface area contributed by atoms with Crippen LogP contribution in [0.25, 0.3) is 0 Å². The molecule has 0 aliphatic rings. The largest absolute Gasteiger partial charge is 0.497 e. The van der Waals surface area contributed by atoms with E-state index in [-0.39, 0.29) is 0 Å². The first-order chi connectivity index (χ1) is 13.0. The van der Waals surface area contributed by atoms with Crippen LogP contribution in [0.3, 0.4) is 0 Å². The SMILES string of the molecule is COc1cccc(Nc2cc(Nc3cc(C)c(Cl)cc3OC)nc(C)n2)c1. The molecule has 7 heteroatoms. The van der Waals surface area contributed by atoms with Gasteiger partial charge in [-0.3, -0.25) is 0 Å². The number of rotatable bonds is 6. The van der Waals surface area contributed by atoms with Crippen LogP contribution in [-0.4, -0.2) is 24.2 Å². The lowest BCUT2D eigenvalue weighted by Gasteiger charge is -2.14. The summed E-state index contributed by atoms with van der Waals surface area (Å²) in [6, 6.07) is 13.2. The van der Waals surface area contributed by atoms with E-state index >= 15 is 0 Å². The predicted molar refractivity (Wildman–Crippen MR) is 109 cm³/mol. The zero-order chi connectivity index (χ0) is 19.4. The van der Waals surface area contributed by atoms with Crippen molar-refractivity contribution < 1.29 is 9.47 Å². The highest BCUT2D eigenvalue weighted by atomic mass is 35.5. The second-order valence-corrected chi connectivity index (χ2v) is 6.38. The van der Waals surface area contributed by atoms with E-state index in [2.05, 4.69) is 20.6 Å². The second kappa shape index (κ2) is 8.14. The Morgan fingerprint density at radius 3 is 2.33 bits per heavy atom. The van der Waals surface area contributed by atoms with Gasteiger partial charge in [0.25, 0.3) is 0 Å². The van der Waals surface area contributed by atoms with Crippen LogP contribution >= 0.6 is 11.6 Å². The second-order valence-electron chi connectivity index (χ2n) is 5.97. The Labute approximate surface area is 163 Å². The summed E-state index contributed by atoms with van der Waals surface area (Å²) in [6.45, 7) is 3.78. The number of hydrogen-bond donors (Lipinski definition) is 2. The molecular formula is C20H21ClN4O2. The van der Waals surface area contributed by atoms with Gasteiger partial charge in [0.1, 0.15) is 29.0 Å². The molecule has 3 aromatic rings. The van der Waals surface area contributed by atoms with Gasteiger partial charge >= 0.3 is 0 Å². The number of benzene rings is 2. The third-order valence-electron chi connectivity index (χ3n) is 3.92. The molecule has 0 saturated heterocycles. The summed E-state index contributed by atoms with van der Waals surface area (Å²) in [5.41, 5.74) is 2.60. The predicted octanol–water partition coefficient (Wildman–Crippen LogP) is 5.25. The molecule has 1 aromatic heterocycles. The maximum Gasteiger partial charge on any atom is 0.143 e. The van der Waals surface area contributed by atoms with Crippen molar-refractivity contribution in [3.8, 4) is 11.5 Å². The zero-order valence-corrected chi connectivity index (χ0v) is 16.4. The number of ether oxygens (including phenoxy) is 2. The molecule has 140 valence electrons. The standard InChI is InChI=1S/C20H21ClN4O2/c1-12-8-17(18(27-4)10-16(12)21)25-20-11-19(22-13(2)23-20)24-14-6-5-7-15(9-14)26-3/h5-11H,1-4H3,(H2,22,23,24,25). The minimum absolute atomic E-state index is 0.634. The Bertz CT molecular complexity index is 963. The summed E-state index contributed by atoms with van der Waals surface area (Å²) >= 11 is 6.18. The molecule has 0 saturated carbocycles. The van der Waals surface area contributed by atoms with Crippen LogP contribution < -0.4 is 20.1 Å². The van der Waals surface area contributed by atoms with Crippen molar-refractivity contribution in [2.75, 3.05) is 24.9 Å². The molecule has 0 bridgehead atoms. The lowest BCUT2D eigenvalue weighted by Crippen LogP contribution is -2.03. The number of anilines is 4. The third-order valence-corrected chi connectivity index (χ3v) is 4.33. The Hall–Kier alpha value is -2.99. The van der Waals surface area contributed by atoms with Crippen LogP contribution in [0.1, 0.15) is 11.4 Å². The summed E-state index contributed by atoms with van der Waals surface area (Å²) in [6.07, 6.45) is 0. The number of hydrogen-bond acceptors (Lipinski definition) is 6. The van der Waals surface area contributed by atoms with Crippen molar-refractivity contribution >= 4 is 34.6 Å². The molecule has 0 aliphatic heterocycles. The van der Waals surface area contributed by atoms with Crippen LogP contribution in [0.4, 0.5) is 23.0 Å². The van der Waals surface area contributed by atoms with Crippen molar-refractivity contribution in [2.45, 2.75) is 13.8 Å². The smallest absolute Gasteiger partial charge is 0.143 e. The molecule has 2 aromatic carbocycles. The molecule has 27 heavy (non-hydrogen) atoms. The van der Waals surface area contributed by atoms with Crippen LogP contribution in [0.5, 0.6) is 11.5 Å². The van der Waals surface area contributed by atoms with E-state index < -0.39 is 0 Å². The van der Waals surface area contributed by atoms with E-state index in [1.165, 1.54) is 0 Å². The summed E-state index contributed by atoms with van der Waals surface area (Å²) in [5, 5.41) is 7.20. The minimum atomic E-state index is 0.634. The van der Waals surface area contributed by atoms with Crippen LogP contribution in [0.2, 0.25) is 5.02 Å². The van der Waals surface area contributed by atoms with E-state index in [4.69, 9.17) is 21.1 Å². The molecule has 0 unspecified atom stereocenters. The van der Waals surface area contributed by atoms with Gasteiger partial charge < -0.3 is 20.1 Å². The Balaban J connectivity index is 1.88. The van der Waals surface area contributed by atoms with Crippen LogP contribution in [0, 0.1) is 13.8 Å². The van der Waals surface area contributed by atoms with Crippen molar-refractivity contribution in [3.05, 3.63) is 58.9 Å². The number of aryl methyl sites for hydroxylation is 2. The van der Waals surface area contributed by atoms with E-state index in [1.54, 1.807) is 20.3 Å². The fraction of sp³-hybridized carbons (Fsp3) is 0.200. The van der Waals surface area contributed by atoms with Crippen molar-refractivity contribution in [2.24, 2.45) is 0 Å². The molecule has 0 fully saturated rings. The Morgan fingerprint density at radius 2 is 1.63 bits per heavy atom. The average Bonchev–Trinajstić information content (AvgIpc) is 2.64. The molecule has 0 amide bonds. The van der Waals surface area contributed by atoms with Crippen molar-refractivity contribution in [1.82, 2.24) is 9.97 Å². The van der Waals surface area contributed by atoms with Gasteiger partial charge in [0.15, 0.2) is 0 Å². The molecule has 3 rings (SSSR count). The van der Waals surface area contributed by atoms with E-state index in [0.717, 1.165) is 22.7 Å². The summed E-state index contributed by atoms with van der Waals surface area (Å²) < 4.78 is 10.7. The van der Waals surface area contributed by atoms with Gasteiger partial charge in [-0.1, -0.05) is 17.7 Å². The summed E-state index contributed by atoms with van der Waals surface area (Å²) in [5.74, 6) is 3.36. The van der Waals surface area contributed by atoms with Gasteiger partial charge in [-0.2, -0.15) is 0 Å². The highest BCUT2D eigenvalue weighted by Gasteiger charge is 2.10. The monoisotopic (exact) mass is 384 g/mol. The van der Waals surface area contributed by atoms with Gasteiger partial charge in [0.05, 0.1) is 19.9 Å².